The summed E-state index contributed by atoms with van der Waals surface area (Å²) in [5.41, 5.74) is 0.941. The van der Waals surface area contributed by atoms with Crippen LogP contribution >= 0.6 is 0 Å². The average molecular weight is 386 g/mol. The van der Waals surface area contributed by atoms with Crippen LogP contribution in [0.2, 0.25) is 0 Å². The fraction of sp³-hybridized carbons (Fsp3) is 0.421. The molecule has 0 radical (unpaired) electrons. The molecule has 0 saturated carbocycles. The van der Waals surface area contributed by atoms with Crippen molar-refractivity contribution in [3.05, 3.63) is 40.3 Å². The summed E-state index contributed by atoms with van der Waals surface area (Å²) in [4.78, 5) is 31.6. The highest BCUT2D eigenvalue weighted by Gasteiger charge is 2.20. The van der Waals surface area contributed by atoms with Gasteiger partial charge in [0.25, 0.3) is 5.56 Å². The minimum atomic E-state index is -0.320. The zero-order valence-corrected chi connectivity index (χ0v) is 15.6. The zero-order chi connectivity index (χ0) is 19.5. The molecular weight excluding hydrogens is 364 g/mol. The molecule has 1 amide bonds. The molecule has 3 heterocycles. The summed E-state index contributed by atoms with van der Waals surface area (Å²) in [7, 11) is 0. The van der Waals surface area contributed by atoms with Crippen LogP contribution in [0.25, 0.3) is 0 Å². The predicted molar refractivity (Wildman–Crippen MR) is 102 cm³/mol. The van der Waals surface area contributed by atoms with E-state index in [4.69, 9.17) is 14.2 Å². The number of rotatable bonds is 4. The number of amides is 1. The van der Waals surface area contributed by atoms with Gasteiger partial charge in [-0.15, -0.1) is 0 Å². The highest BCUT2D eigenvalue weighted by atomic mass is 16.6. The van der Waals surface area contributed by atoms with Crippen LogP contribution in [0.4, 0.5) is 11.6 Å². The van der Waals surface area contributed by atoms with Crippen LogP contribution in [0.15, 0.2) is 29.1 Å². The third-order valence-corrected chi connectivity index (χ3v) is 4.54. The Bertz CT molecular complexity index is 936. The smallest absolute Gasteiger partial charge is 0.255 e. The van der Waals surface area contributed by atoms with Crippen molar-refractivity contribution in [2.75, 3.05) is 49.7 Å². The van der Waals surface area contributed by atoms with Gasteiger partial charge in [0.2, 0.25) is 11.9 Å². The molecule has 1 aromatic heterocycles. The molecule has 2 aliphatic heterocycles. The molecule has 148 valence electrons. The van der Waals surface area contributed by atoms with E-state index in [1.165, 1.54) is 10.6 Å². The topological polar surface area (TPSA) is 94.9 Å². The quantitative estimate of drug-likeness (QED) is 0.830. The van der Waals surface area contributed by atoms with E-state index in [9.17, 15) is 9.59 Å². The number of fused-ring (bicyclic) bond motifs is 1. The lowest BCUT2D eigenvalue weighted by Crippen LogP contribution is -2.41. The summed E-state index contributed by atoms with van der Waals surface area (Å²) in [6.07, 6.45) is 0. The molecule has 0 bridgehead atoms. The Labute approximate surface area is 161 Å². The van der Waals surface area contributed by atoms with Crippen LogP contribution < -0.4 is 25.2 Å². The standard InChI is InChI=1S/C19H22N4O5/c1-13-10-18(25)23(19(20-13)22-4-6-26-7-5-22)12-17(24)21-14-2-3-15-16(11-14)28-9-8-27-15/h2-3,10-11H,4-9,12H2,1H3,(H,21,24). The van der Waals surface area contributed by atoms with Crippen LogP contribution in [-0.2, 0) is 16.1 Å². The molecule has 28 heavy (non-hydrogen) atoms. The van der Waals surface area contributed by atoms with Gasteiger partial charge in [-0.3, -0.25) is 14.2 Å². The maximum atomic E-state index is 12.6. The lowest BCUT2D eigenvalue weighted by atomic mass is 10.2. The van der Waals surface area contributed by atoms with E-state index in [0.29, 0.717) is 68.3 Å². The molecule has 0 aliphatic carbocycles. The van der Waals surface area contributed by atoms with Crippen molar-refractivity contribution < 1.29 is 19.0 Å². The Morgan fingerprint density at radius 1 is 1.11 bits per heavy atom. The van der Waals surface area contributed by atoms with Crippen molar-refractivity contribution in [2.24, 2.45) is 0 Å². The summed E-state index contributed by atoms with van der Waals surface area (Å²) >= 11 is 0. The number of nitrogens with zero attached hydrogens (tertiary/aromatic N) is 3. The van der Waals surface area contributed by atoms with Gasteiger partial charge in [0, 0.05) is 36.6 Å². The third kappa shape index (κ3) is 3.94. The number of anilines is 2. The summed E-state index contributed by atoms with van der Waals surface area (Å²) in [5.74, 6) is 1.41. The summed E-state index contributed by atoms with van der Waals surface area (Å²) < 4.78 is 17.8. The van der Waals surface area contributed by atoms with Crippen LogP contribution in [-0.4, -0.2) is 55.0 Å². The first-order valence-electron chi connectivity index (χ1n) is 9.21. The van der Waals surface area contributed by atoms with Crippen molar-refractivity contribution in [3.8, 4) is 11.5 Å². The number of hydrogen-bond acceptors (Lipinski definition) is 7. The van der Waals surface area contributed by atoms with Gasteiger partial charge in [0.1, 0.15) is 19.8 Å². The average Bonchev–Trinajstić information content (AvgIpc) is 2.70. The van der Waals surface area contributed by atoms with E-state index >= 15 is 0 Å². The summed E-state index contributed by atoms with van der Waals surface area (Å²) in [6.45, 7) is 4.99. The Morgan fingerprint density at radius 3 is 2.64 bits per heavy atom. The molecule has 1 N–H and O–H groups in total. The number of morpholine rings is 1. The van der Waals surface area contributed by atoms with E-state index < -0.39 is 0 Å². The second-order valence-corrected chi connectivity index (χ2v) is 6.63. The van der Waals surface area contributed by atoms with E-state index in [0.717, 1.165) is 0 Å². The summed E-state index contributed by atoms with van der Waals surface area (Å²) in [6, 6.07) is 6.64. The third-order valence-electron chi connectivity index (χ3n) is 4.54. The number of carbonyl (C=O) groups is 1. The molecule has 1 saturated heterocycles. The minimum Gasteiger partial charge on any atom is -0.486 e. The van der Waals surface area contributed by atoms with Crippen molar-refractivity contribution in [1.82, 2.24) is 9.55 Å². The van der Waals surface area contributed by atoms with Crippen molar-refractivity contribution in [1.29, 1.82) is 0 Å². The molecule has 2 aromatic rings. The van der Waals surface area contributed by atoms with Crippen LogP contribution in [0.3, 0.4) is 0 Å². The highest BCUT2D eigenvalue weighted by Crippen LogP contribution is 2.32. The van der Waals surface area contributed by atoms with Gasteiger partial charge in [0.05, 0.1) is 13.2 Å². The molecule has 1 fully saturated rings. The number of ether oxygens (including phenoxy) is 3. The minimum absolute atomic E-state index is 0.132. The Morgan fingerprint density at radius 2 is 1.86 bits per heavy atom. The van der Waals surface area contributed by atoms with E-state index in [2.05, 4.69) is 10.3 Å². The molecule has 1 aromatic carbocycles. The molecular formula is C19H22N4O5. The van der Waals surface area contributed by atoms with Crippen molar-refractivity contribution >= 4 is 17.5 Å². The monoisotopic (exact) mass is 386 g/mol. The largest absolute Gasteiger partial charge is 0.486 e. The van der Waals surface area contributed by atoms with E-state index in [1.807, 2.05) is 4.90 Å². The Hall–Kier alpha value is -3.07. The fourth-order valence-corrected chi connectivity index (χ4v) is 3.22. The number of hydrogen-bond donors (Lipinski definition) is 1. The second-order valence-electron chi connectivity index (χ2n) is 6.63. The summed E-state index contributed by atoms with van der Waals surface area (Å²) in [5, 5.41) is 2.81. The number of aromatic nitrogens is 2. The lowest BCUT2D eigenvalue weighted by Gasteiger charge is -2.29. The maximum absolute atomic E-state index is 12.6. The number of nitrogens with one attached hydrogen (secondary N) is 1. The number of benzene rings is 1. The number of aryl methyl sites for hydroxylation is 1. The van der Waals surface area contributed by atoms with Crippen LogP contribution in [0.1, 0.15) is 5.69 Å². The molecule has 9 heteroatoms. The van der Waals surface area contributed by atoms with Crippen LogP contribution in [0.5, 0.6) is 11.5 Å². The van der Waals surface area contributed by atoms with E-state index in [-0.39, 0.29) is 18.0 Å². The van der Waals surface area contributed by atoms with E-state index in [1.54, 1.807) is 25.1 Å². The predicted octanol–water partition coefficient (Wildman–Crippen LogP) is 0.798. The molecule has 4 rings (SSSR count). The van der Waals surface area contributed by atoms with Gasteiger partial charge >= 0.3 is 0 Å². The lowest BCUT2D eigenvalue weighted by molar-refractivity contribution is -0.116. The molecule has 9 nitrogen and oxygen atoms in total. The Kier molecular flexibility index (Phi) is 5.16. The number of carbonyl (C=O) groups excluding carboxylic acids is 1. The van der Waals surface area contributed by atoms with Gasteiger partial charge in [-0.05, 0) is 19.1 Å². The van der Waals surface area contributed by atoms with Gasteiger partial charge in [-0.2, -0.15) is 0 Å². The maximum Gasteiger partial charge on any atom is 0.255 e. The molecule has 0 atom stereocenters. The molecule has 2 aliphatic rings. The highest BCUT2D eigenvalue weighted by molar-refractivity contribution is 5.91. The van der Waals surface area contributed by atoms with Gasteiger partial charge in [0.15, 0.2) is 11.5 Å². The first kappa shape index (κ1) is 18.3. The fourth-order valence-electron chi connectivity index (χ4n) is 3.22. The van der Waals surface area contributed by atoms with Gasteiger partial charge < -0.3 is 24.4 Å². The second kappa shape index (κ2) is 7.89. The normalized spacial score (nSPS) is 16.0. The molecule has 0 unspecified atom stereocenters. The van der Waals surface area contributed by atoms with Gasteiger partial charge in [-0.1, -0.05) is 0 Å². The molecule has 0 spiro atoms. The Balaban J connectivity index is 1.53. The van der Waals surface area contributed by atoms with Crippen LogP contribution in [0, 0.1) is 6.92 Å². The van der Waals surface area contributed by atoms with Crippen molar-refractivity contribution in [3.63, 3.8) is 0 Å². The van der Waals surface area contributed by atoms with Crippen molar-refractivity contribution in [2.45, 2.75) is 13.5 Å². The zero-order valence-electron chi connectivity index (χ0n) is 15.6. The first-order chi connectivity index (χ1) is 13.6. The SMILES string of the molecule is Cc1cc(=O)n(CC(=O)Nc2ccc3c(c2)OCCO3)c(N2CCOCC2)n1. The first-order valence-corrected chi connectivity index (χ1v) is 9.21. The van der Waals surface area contributed by atoms with Gasteiger partial charge in [-0.25, -0.2) is 4.98 Å².